The Morgan fingerprint density at radius 2 is 1.55 bits per heavy atom. The van der Waals surface area contributed by atoms with Gasteiger partial charge >= 0.3 is 5.97 Å². The van der Waals surface area contributed by atoms with Gasteiger partial charge in [0.25, 0.3) is 0 Å². The van der Waals surface area contributed by atoms with Gasteiger partial charge in [0.1, 0.15) is 12.4 Å². The molecule has 3 aromatic carbocycles. The number of allylic oxidation sites excluding steroid dienone is 1. The molecular weight excluding hydrogens is 681 g/mol. The maximum absolute atomic E-state index is 13.1. The molecule has 3 aromatic rings. The molecule has 6 rings (SSSR count). The Morgan fingerprint density at radius 1 is 0.836 bits per heavy atom. The lowest BCUT2D eigenvalue weighted by molar-refractivity contribution is -0.151. The van der Waals surface area contributed by atoms with Gasteiger partial charge in [0.05, 0.1) is 30.8 Å². The Hall–Kier alpha value is -3.41. The quantitative estimate of drug-likeness (QED) is 0.0667. The highest BCUT2D eigenvalue weighted by Crippen LogP contribution is 2.65. The van der Waals surface area contributed by atoms with Crippen molar-refractivity contribution in [2.24, 2.45) is 23.2 Å². The van der Waals surface area contributed by atoms with Gasteiger partial charge in [-0.25, -0.2) is 0 Å². The van der Waals surface area contributed by atoms with Crippen LogP contribution in [0.2, 0.25) is 0 Å². The van der Waals surface area contributed by atoms with Crippen molar-refractivity contribution in [2.45, 2.75) is 154 Å². The monoisotopic (exact) mass is 749 g/mol. The average Bonchev–Trinajstić information content (AvgIpc) is 3.53. The Labute approximate surface area is 332 Å². The molecular formula is C50H68O5. The molecule has 2 saturated carbocycles. The summed E-state index contributed by atoms with van der Waals surface area (Å²) in [5.74, 6) is 1.96. The molecule has 4 unspecified atom stereocenters. The van der Waals surface area contributed by atoms with E-state index in [4.69, 9.17) is 14.2 Å². The highest BCUT2D eigenvalue weighted by molar-refractivity contribution is 5.72. The van der Waals surface area contributed by atoms with Gasteiger partial charge in [-0.3, -0.25) is 4.79 Å². The fourth-order valence-electron chi connectivity index (χ4n) is 10.7. The molecule has 5 heteroatoms. The standard InChI is InChI=1S/C50H68O5/c1-4-6-7-18-25-40(48(51)53-5-2)26-19-10-8-9-11-20-33-50(52)37-49(3)45(31-32-46(49)55-36-39-23-16-13-17-24-39)44-29-27-41-34-42(28-30-43(41)47(44)50)54-35-38-21-14-12-15-22-38/h11-17,20-24,28,30,34,40,44-47,52H,4-10,18-19,25-27,29,31-33,35-37H2,1-3H3/t40?,44?,45?,46-,47?,49-,50-/m0/s1. The van der Waals surface area contributed by atoms with E-state index in [1.54, 1.807) is 0 Å². The molecule has 0 radical (unpaired) electrons. The van der Waals surface area contributed by atoms with Crippen LogP contribution in [0.15, 0.2) is 91.0 Å². The van der Waals surface area contributed by atoms with E-state index in [2.05, 4.69) is 98.8 Å². The molecule has 7 atom stereocenters. The van der Waals surface area contributed by atoms with Crippen LogP contribution in [0.25, 0.3) is 0 Å². The summed E-state index contributed by atoms with van der Waals surface area (Å²) in [4.78, 5) is 12.6. The van der Waals surface area contributed by atoms with Gasteiger partial charge in [-0.1, -0.05) is 131 Å². The van der Waals surface area contributed by atoms with Gasteiger partial charge in [-0.15, -0.1) is 0 Å². The number of aliphatic hydroxyl groups is 1. The van der Waals surface area contributed by atoms with Crippen LogP contribution in [0.3, 0.4) is 0 Å². The highest BCUT2D eigenvalue weighted by Gasteiger charge is 2.62. The largest absolute Gasteiger partial charge is 0.489 e. The Bertz CT molecular complexity index is 1640. The van der Waals surface area contributed by atoms with Crippen molar-refractivity contribution < 1.29 is 24.1 Å². The van der Waals surface area contributed by atoms with Crippen LogP contribution in [-0.4, -0.2) is 29.4 Å². The second-order valence-corrected chi connectivity index (χ2v) is 17.2. The van der Waals surface area contributed by atoms with E-state index in [-0.39, 0.29) is 29.3 Å². The van der Waals surface area contributed by atoms with Crippen molar-refractivity contribution >= 4 is 5.97 Å². The molecule has 5 nitrogen and oxygen atoms in total. The molecule has 0 heterocycles. The van der Waals surface area contributed by atoms with Crippen LogP contribution in [0, 0.1) is 23.2 Å². The van der Waals surface area contributed by atoms with Crippen LogP contribution in [-0.2, 0) is 33.9 Å². The lowest BCUT2D eigenvalue weighted by atomic mass is 9.49. The molecule has 0 spiro atoms. The molecule has 0 saturated heterocycles. The minimum absolute atomic E-state index is 0.0101. The van der Waals surface area contributed by atoms with Gasteiger partial charge in [-0.05, 0) is 123 Å². The summed E-state index contributed by atoms with van der Waals surface area (Å²) < 4.78 is 18.5. The predicted molar refractivity (Wildman–Crippen MR) is 223 cm³/mol. The van der Waals surface area contributed by atoms with E-state index in [9.17, 15) is 9.90 Å². The first-order valence-corrected chi connectivity index (χ1v) is 21.8. The van der Waals surface area contributed by atoms with Gasteiger partial charge in [0.15, 0.2) is 0 Å². The summed E-state index contributed by atoms with van der Waals surface area (Å²) in [6.07, 6.45) is 21.3. The second kappa shape index (κ2) is 20.1. The first-order valence-electron chi connectivity index (χ1n) is 21.8. The lowest BCUT2D eigenvalue weighted by Gasteiger charge is -2.58. The molecule has 3 aliphatic carbocycles. The topological polar surface area (TPSA) is 65.0 Å². The van der Waals surface area contributed by atoms with E-state index in [1.807, 2.05) is 13.0 Å². The molecule has 2 fully saturated rings. The number of carbonyl (C=O) groups is 1. The molecule has 0 amide bonds. The Balaban J connectivity index is 1.12. The van der Waals surface area contributed by atoms with Gasteiger partial charge in [-0.2, -0.15) is 0 Å². The summed E-state index contributed by atoms with van der Waals surface area (Å²) >= 11 is 0. The lowest BCUT2D eigenvalue weighted by Crippen LogP contribution is -2.56. The molecule has 0 aliphatic heterocycles. The number of hydrogen-bond acceptors (Lipinski definition) is 5. The van der Waals surface area contributed by atoms with Gasteiger partial charge < -0.3 is 19.3 Å². The normalized spacial score (nSPS) is 26.3. The van der Waals surface area contributed by atoms with Crippen LogP contribution >= 0.6 is 0 Å². The van der Waals surface area contributed by atoms with E-state index in [0.717, 1.165) is 88.4 Å². The summed E-state index contributed by atoms with van der Waals surface area (Å²) in [6.45, 7) is 8.18. The fraction of sp³-hybridized carbons (Fsp3) is 0.580. The number of benzene rings is 3. The van der Waals surface area contributed by atoms with Crippen LogP contribution in [0.5, 0.6) is 5.75 Å². The smallest absolute Gasteiger partial charge is 0.308 e. The fourth-order valence-corrected chi connectivity index (χ4v) is 10.7. The Morgan fingerprint density at radius 3 is 2.25 bits per heavy atom. The number of unbranched alkanes of at least 4 members (excludes halogenated alkanes) is 6. The third kappa shape index (κ3) is 10.5. The molecule has 55 heavy (non-hydrogen) atoms. The number of hydrogen-bond donors (Lipinski definition) is 1. The maximum Gasteiger partial charge on any atom is 0.308 e. The summed E-state index contributed by atoms with van der Waals surface area (Å²) in [6, 6.07) is 27.5. The summed E-state index contributed by atoms with van der Waals surface area (Å²) in [7, 11) is 0. The second-order valence-electron chi connectivity index (χ2n) is 17.2. The molecule has 0 bridgehead atoms. The predicted octanol–water partition coefficient (Wildman–Crippen LogP) is 12.1. The zero-order valence-electron chi connectivity index (χ0n) is 34.1. The zero-order valence-corrected chi connectivity index (χ0v) is 34.1. The Kier molecular flexibility index (Phi) is 15.1. The number of esters is 1. The van der Waals surface area contributed by atoms with Crippen molar-refractivity contribution in [3.8, 4) is 5.75 Å². The molecule has 0 aromatic heterocycles. The highest BCUT2D eigenvalue weighted by atomic mass is 16.5. The first kappa shape index (κ1) is 41.2. The molecule has 1 N–H and O–H groups in total. The van der Waals surface area contributed by atoms with Crippen LogP contribution in [0.4, 0.5) is 0 Å². The first-order chi connectivity index (χ1) is 26.8. The number of carbonyl (C=O) groups excluding carboxylic acids is 1. The van der Waals surface area contributed by atoms with E-state index in [1.165, 1.54) is 36.0 Å². The van der Waals surface area contributed by atoms with E-state index in [0.29, 0.717) is 38.1 Å². The van der Waals surface area contributed by atoms with E-state index >= 15 is 0 Å². The van der Waals surface area contributed by atoms with Crippen molar-refractivity contribution in [2.75, 3.05) is 6.61 Å². The van der Waals surface area contributed by atoms with Crippen molar-refractivity contribution in [1.29, 1.82) is 0 Å². The molecule has 298 valence electrons. The number of aryl methyl sites for hydroxylation is 1. The molecule has 3 aliphatic rings. The SMILES string of the molecule is CCCCCCC(CCCCCC=CC[C@]1(O)C[C@@]2(C)C(CC[C@@H]2OCc2ccccc2)C2CCc3cc(OCc4ccccc4)ccc3C21)C(=O)OCC. The van der Waals surface area contributed by atoms with Crippen LogP contribution < -0.4 is 4.74 Å². The number of rotatable bonds is 21. The van der Waals surface area contributed by atoms with Crippen molar-refractivity contribution in [1.82, 2.24) is 0 Å². The average molecular weight is 749 g/mol. The number of ether oxygens (including phenoxy) is 3. The third-order valence-corrected chi connectivity index (χ3v) is 13.4. The summed E-state index contributed by atoms with van der Waals surface area (Å²) in [5.41, 5.74) is 4.08. The zero-order chi connectivity index (χ0) is 38.5. The van der Waals surface area contributed by atoms with E-state index < -0.39 is 5.60 Å². The van der Waals surface area contributed by atoms with Crippen molar-refractivity contribution in [3.63, 3.8) is 0 Å². The number of fused-ring (bicyclic) bond motifs is 5. The minimum Gasteiger partial charge on any atom is -0.489 e. The maximum atomic E-state index is 13.1. The van der Waals surface area contributed by atoms with Crippen molar-refractivity contribution in [3.05, 3.63) is 113 Å². The van der Waals surface area contributed by atoms with Gasteiger partial charge in [0, 0.05) is 5.92 Å². The summed E-state index contributed by atoms with van der Waals surface area (Å²) in [5, 5.41) is 13.1. The van der Waals surface area contributed by atoms with Gasteiger partial charge in [0.2, 0.25) is 0 Å². The third-order valence-electron chi connectivity index (χ3n) is 13.4. The minimum atomic E-state index is -0.864. The van der Waals surface area contributed by atoms with Crippen LogP contribution in [0.1, 0.15) is 145 Å².